The molecule has 0 aliphatic heterocycles. The number of anilines is 1. The highest BCUT2D eigenvalue weighted by atomic mass is 19.4. The van der Waals surface area contributed by atoms with Crippen LogP contribution < -0.4 is 4.90 Å². The fraction of sp³-hybridized carbons (Fsp3) is 0.357. The summed E-state index contributed by atoms with van der Waals surface area (Å²) in [6.45, 7) is 6.65. The van der Waals surface area contributed by atoms with E-state index in [1.54, 1.807) is 17.0 Å². The molecule has 2 nitrogen and oxygen atoms in total. The van der Waals surface area contributed by atoms with Crippen molar-refractivity contribution in [1.82, 2.24) is 0 Å². The van der Waals surface area contributed by atoms with Crippen molar-refractivity contribution in [2.45, 2.75) is 19.5 Å². The normalized spacial score (nSPS) is 10.9. The monoisotopic (exact) mass is 268 g/mol. The van der Waals surface area contributed by atoms with Crippen molar-refractivity contribution in [3.8, 4) is 6.07 Å². The highest BCUT2D eigenvalue weighted by Gasteiger charge is 2.34. The third kappa shape index (κ3) is 3.75. The summed E-state index contributed by atoms with van der Waals surface area (Å²) < 4.78 is 38.6. The van der Waals surface area contributed by atoms with Crippen molar-refractivity contribution in [1.29, 1.82) is 5.26 Å². The molecular formula is C14H15F3N2. The molecule has 0 aromatic heterocycles. The van der Waals surface area contributed by atoms with Gasteiger partial charge in [0.1, 0.15) is 0 Å². The summed E-state index contributed by atoms with van der Waals surface area (Å²) in [6, 6.07) is 5.35. The minimum Gasteiger partial charge on any atom is -0.368 e. The first-order valence-corrected chi connectivity index (χ1v) is 5.91. The Morgan fingerprint density at radius 1 is 1.42 bits per heavy atom. The standard InChI is InChI=1S/C14H15F3N2/c1-3-7-19(8-4-2)12-6-5-11(10-18)13(9-12)14(15,16)17/h3,5-6,9H,1,4,7-8H2,2H3. The van der Waals surface area contributed by atoms with Gasteiger partial charge in [0, 0.05) is 18.8 Å². The molecule has 0 unspecified atom stereocenters. The van der Waals surface area contributed by atoms with Gasteiger partial charge in [-0.25, -0.2) is 0 Å². The molecule has 0 saturated carbocycles. The maximum Gasteiger partial charge on any atom is 0.417 e. The van der Waals surface area contributed by atoms with Crippen LogP contribution in [0.5, 0.6) is 0 Å². The molecule has 0 saturated heterocycles. The topological polar surface area (TPSA) is 27.0 Å². The summed E-state index contributed by atoms with van der Waals surface area (Å²) in [5.74, 6) is 0. The van der Waals surface area contributed by atoms with Crippen LogP contribution in [-0.2, 0) is 6.18 Å². The number of hydrogen-bond donors (Lipinski definition) is 0. The molecule has 0 bridgehead atoms. The van der Waals surface area contributed by atoms with Crippen molar-refractivity contribution in [2.24, 2.45) is 0 Å². The number of nitrogens with zero attached hydrogens (tertiary/aromatic N) is 2. The fourth-order valence-corrected chi connectivity index (χ4v) is 1.81. The number of halogens is 3. The molecule has 0 atom stereocenters. The van der Waals surface area contributed by atoms with E-state index in [9.17, 15) is 13.2 Å². The SMILES string of the molecule is C=CCN(CCC)c1ccc(C#N)c(C(F)(F)F)c1. The number of nitriles is 1. The van der Waals surface area contributed by atoms with Crippen LogP contribution in [-0.4, -0.2) is 13.1 Å². The summed E-state index contributed by atoms with van der Waals surface area (Å²) in [4.78, 5) is 1.80. The Balaban J connectivity index is 3.23. The van der Waals surface area contributed by atoms with E-state index in [4.69, 9.17) is 5.26 Å². The molecule has 1 aromatic carbocycles. The molecule has 0 fully saturated rings. The maximum atomic E-state index is 12.9. The van der Waals surface area contributed by atoms with E-state index in [0.717, 1.165) is 12.5 Å². The van der Waals surface area contributed by atoms with Crippen molar-refractivity contribution in [3.05, 3.63) is 42.0 Å². The zero-order valence-corrected chi connectivity index (χ0v) is 10.7. The molecule has 0 heterocycles. The molecule has 0 radical (unpaired) electrons. The van der Waals surface area contributed by atoms with Gasteiger partial charge in [0.2, 0.25) is 0 Å². The van der Waals surface area contributed by atoms with Crippen molar-refractivity contribution < 1.29 is 13.2 Å². The highest BCUT2D eigenvalue weighted by Crippen LogP contribution is 2.34. The van der Waals surface area contributed by atoms with E-state index < -0.39 is 11.7 Å². The van der Waals surface area contributed by atoms with Gasteiger partial charge in [-0.15, -0.1) is 6.58 Å². The molecule has 0 N–H and O–H groups in total. The number of hydrogen-bond acceptors (Lipinski definition) is 2. The van der Waals surface area contributed by atoms with E-state index >= 15 is 0 Å². The van der Waals surface area contributed by atoms with Crippen LogP contribution in [0.25, 0.3) is 0 Å². The van der Waals surface area contributed by atoms with Gasteiger partial charge in [-0.05, 0) is 24.6 Å². The van der Waals surface area contributed by atoms with Crippen LogP contribution in [0.2, 0.25) is 0 Å². The van der Waals surface area contributed by atoms with Crippen LogP contribution in [0.4, 0.5) is 18.9 Å². The molecular weight excluding hydrogens is 253 g/mol. The first kappa shape index (κ1) is 15.1. The van der Waals surface area contributed by atoms with Crippen LogP contribution in [0.15, 0.2) is 30.9 Å². The molecule has 102 valence electrons. The minimum atomic E-state index is -4.52. The molecule has 0 spiro atoms. The average molecular weight is 268 g/mol. The maximum absolute atomic E-state index is 12.9. The quantitative estimate of drug-likeness (QED) is 0.755. The number of benzene rings is 1. The second-order valence-corrected chi connectivity index (χ2v) is 4.07. The molecule has 0 aliphatic rings. The minimum absolute atomic E-state index is 0.355. The van der Waals surface area contributed by atoms with Crippen molar-refractivity contribution in [2.75, 3.05) is 18.0 Å². The van der Waals surface area contributed by atoms with Crippen LogP contribution in [0.3, 0.4) is 0 Å². The van der Waals surface area contributed by atoms with E-state index in [0.29, 0.717) is 18.8 Å². The lowest BCUT2D eigenvalue weighted by Gasteiger charge is -2.24. The Kier molecular flexibility index (Phi) is 4.99. The molecule has 1 aromatic rings. The molecule has 0 amide bonds. The van der Waals surface area contributed by atoms with Crippen molar-refractivity contribution >= 4 is 5.69 Å². The largest absolute Gasteiger partial charge is 0.417 e. The predicted molar refractivity (Wildman–Crippen MR) is 68.9 cm³/mol. The van der Waals surface area contributed by atoms with E-state index in [1.807, 2.05) is 6.92 Å². The van der Waals surface area contributed by atoms with Gasteiger partial charge in [0.25, 0.3) is 0 Å². The number of rotatable bonds is 5. The first-order valence-electron chi connectivity index (χ1n) is 5.91. The smallest absolute Gasteiger partial charge is 0.368 e. The summed E-state index contributed by atoms with van der Waals surface area (Å²) in [5.41, 5.74) is -0.794. The van der Waals surface area contributed by atoms with Gasteiger partial charge in [-0.2, -0.15) is 18.4 Å². The van der Waals surface area contributed by atoms with E-state index in [-0.39, 0.29) is 5.56 Å². The van der Waals surface area contributed by atoms with Crippen molar-refractivity contribution in [3.63, 3.8) is 0 Å². The van der Waals surface area contributed by atoms with E-state index in [2.05, 4.69) is 6.58 Å². The second kappa shape index (κ2) is 6.28. The average Bonchev–Trinajstić information content (AvgIpc) is 2.37. The Morgan fingerprint density at radius 2 is 2.11 bits per heavy atom. The van der Waals surface area contributed by atoms with Gasteiger partial charge in [-0.3, -0.25) is 0 Å². The lowest BCUT2D eigenvalue weighted by Crippen LogP contribution is -2.24. The van der Waals surface area contributed by atoms with Gasteiger partial charge in [0.05, 0.1) is 17.2 Å². The molecule has 5 heteroatoms. The summed E-state index contributed by atoms with van der Waals surface area (Å²) >= 11 is 0. The zero-order chi connectivity index (χ0) is 14.5. The molecule has 19 heavy (non-hydrogen) atoms. The number of alkyl halides is 3. The van der Waals surface area contributed by atoms with E-state index in [1.165, 1.54) is 12.1 Å². The fourth-order valence-electron chi connectivity index (χ4n) is 1.81. The van der Waals surface area contributed by atoms with Crippen LogP contribution in [0.1, 0.15) is 24.5 Å². The lowest BCUT2D eigenvalue weighted by molar-refractivity contribution is -0.137. The zero-order valence-electron chi connectivity index (χ0n) is 10.7. The summed E-state index contributed by atoms with van der Waals surface area (Å²) in [5, 5.41) is 8.74. The van der Waals surface area contributed by atoms with Gasteiger partial charge in [-0.1, -0.05) is 13.0 Å². The Labute approximate surface area is 110 Å². The summed E-state index contributed by atoms with van der Waals surface area (Å²) in [7, 11) is 0. The predicted octanol–water partition coefficient (Wildman–Crippen LogP) is 3.98. The van der Waals surface area contributed by atoms with Gasteiger partial charge in [0.15, 0.2) is 0 Å². The van der Waals surface area contributed by atoms with Gasteiger partial charge >= 0.3 is 6.18 Å². The first-order chi connectivity index (χ1) is 8.93. The molecule has 1 rings (SSSR count). The Bertz CT molecular complexity index is 486. The lowest BCUT2D eigenvalue weighted by atomic mass is 10.1. The van der Waals surface area contributed by atoms with Crippen LogP contribution in [0, 0.1) is 11.3 Å². The summed E-state index contributed by atoms with van der Waals surface area (Å²) in [6.07, 6.45) is -2.07. The highest BCUT2D eigenvalue weighted by molar-refractivity contribution is 5.55. The van der Waals surface area contributed by atoms with Gasteiger partial charge < -0.3 is 4.90 Å². The second-order valence-electron chi connectivity index (χ2n) is 4.07. The third-order valence-electron chi connectivity index (χ3n) is 2.64. The third-order valence-corrected chi connectivity index (χ3v) is 2.64. The van der Waals surface area contributed by atoms with Crippen LogP contribution >= 0.6 is 0 Å². The Morgan fingerprint density at radius 3 is 2.58 bits per heavy atom. The molecule has 0 aliphatic carbocycles. The Hall–Kier alpha value is -1.96.